The molecule has 8 heteroatoms. The number of β-amino-alcohol motifs (C(OH)–C–C–N with tert-alkyl or cyclic N) is 1. The van der Waals surface area contributed by atoms with Crippen LogP contribution in [0.15, 0.2) is 24.3 Å². The molecule has 0 bridgehead atoms. The van der Waals surface area contributed by atoms with E-state index < -0.39 is 29.6 Å². The van der Waals surface area contributed by atoms with E-state index in [4.69, 9.17) is 4.74 Å². The standard InChI is InChI=1S/C24H35N3O5/c1-4-8-16(3)26-13-7-10-24-19(22(30)27(14-15-28)20(24)23(26)31)18-17(32-24)9-6-12-25(11-5-2)21(18)29/h6-7,9-10,16-20,28H,4-5,8,11-15H2,1-3H3/t16?,17-,18+,19+,20?,24+/m1/s1. The van der Waals surface area contributed by atoms with Gasteiger partial charge in [0.2, 0.25) is 17.7 Å². The first-order valence-corrected chi connectivity index (χ1v) is 11.9. The number of ether oxygens (including phenoxy) is 1. The summed E-state index contributed by atoms with van der Waals surface area (Å²) in [5, 5.41) is 9.69. The minimum absolute atomic E-state index is 0.0193. The van der Waals surface area contributed by atoms with Crippen LogP contribution in [0.2, 0.25) is 0 Å². The number of rotatable bonds is 7. The quantitative estimate of drug-likeness (QED) is 0.590. The third-order valence-electron chi connectivity index (χ3n) is 7.35. The number of carbonyl (C=O) groups is 3. The van der Waals surface area contributed by atoms with Crippen molar-refractivity contribution in [3.8, 4) is 0 Å². The Bertz CT molecular complexity index is 826. The second-order valence-electron chi connectivity index (χ2n) is 9.34. The van der Waals surface area contributed by atoms with Crippen LogP contribution in [-0.4, -0.2) is 94.1 Å². The Morgan fingerprint density at radius 3 is 2.56 bits per heavy atom. The van der Waals surface area contributed by atoms with Gasteiger partial charge >= 0.3 is 0 Å². The summed E-state index contributed by atoms with van der Waals surface area (Å²) in [4.78, 5) is 46.1. The zero-order valence-corrected chi connectivity index (χ0v) is 19.3. The third-order valence-corrected chi connectivity index (χ3v) is 7.35. The molecule has 1 spiro atoms. The lowest BCUT2D eigenvalue weighted by atomic mass is 9.77. The minimum atomic E-state index is -1.20. The predicted octanol–water partition coefficient (Wildman–Crippen LogP) is 0.955. The average molecular weight is 446 g/mol. The van der Waals surface area contributed by atoms with Crippen molar-refractivity contribution in [2.45, 2.75) is 63.8 Å². The van der Waals surface area contributed by atoms with Crippen LogP contribution in [-0.2, 0) is 19.1 Å². The molecule has 0 saturated carbocycles. The SMILES string of the molecule is CCCC(C)N1CC=C[C@]23O[C@@H]4C=CCN(CCC)C(=O)[C@@H]4[C@H]2C(=O)N(CCO)C3C1=O. The lowest BCUT2D eigenvalue weighted by molar-refractivity contribution is -0.149. The van der Waals surface area contributed by atoms with Gasteiger partial charge in [0, 0.05) is 32.2 Å². The predicted molar refractivity (Wildman–Crippen MR) is 118 cm³/mol. The summed E-state index contributed by atoms with van der Waals surface area (Å²) < 4.78 is 6.53. The van der Waals surface area contributed by atoms with Crippen molar-refractivity contribution >= 4 is 17.7 Å². The van der Waals surface area contributed by atoms with Crippen LogP contribution in [0.3, 0.4) is 0 Å². The average Bonchev–Trinajstić information content (AvgIpc) is 3.07. The molecule has 32 heavy (non-hydrogen) atoms. The van der Waals surface area contributed by atoms with Crippen molar-refractivity contribution in [3.63, 3.8) is 0 Å². The molecule has 0 aromatic carbocycles. The van der Waals surface area contributed by atoms with Crippen molar-refractivity contribution in [3.05, 3.63) is 24.3 Å². The molecule has 0 aromatic rings. The highest BCUT2D eigenvalue weighted by Gasteiger charge is 2.71. The van der Waals surface area contributed by atoms with Crippen molar-refractivity contribution in [2.24, 2.45) is 11.8 Å². The van der Waals surface area contributed by atoms with Gasteiger partial charge in [0.25, 0.3) is 0 Å². The number of aliphatic hydroxyl groups is 1. The monoisotopic (exact) mass is 445 g/mol. The number of hydrogen-bond donors (Lipinski definition) is 1. The molecule has 176 valence electrons. The lowest BCUT2D eigenvalue weighted by Gasteiger charge is -2.37. The Morgan fingerprint density at radius 2 is 1.88 bits per heavy atom. The summed E-state index contributed by atoms with van der Waals surface area (Å²) >= 11 is 0. The summed E-state index contributed by atoms with van der Waals surface area (Å²) in [6.45, 7) is 7.46. The van der Waals surface area contributed by atoms with E-state index in [0.717, 1.165) is 19.3 Å². The van der Waals surface area contributed by atoms with Gasteiger partial charge in [-0.3, -0.25) is 14.4 Å². The van der Waals surface area contributed by atoms with Gasteiger partial charge in [-0.1, -0.05) is 44.6 Å². The van der Waals surface area contributed by atoms with E-state index in [1.807, 2.05) is 38.2 Å². The molecule has 4 rings (SSSR count). The van der Waals surface area contributed by atoms with E-state index in [1.54, 1.807) is 9.80 Å². The molecule has 8 nitrogen and oxygen atoms in total. The Kier molecular flexibility index (Phi) is 6.45. The molecule has 4 aliphatic rings. The summed E-state index contributed by atoms with van der Waals surface area (Å²) in [5.74, 6) is -1.99. The number of nitrogens with zero attached hydrogens (tertiary/aromatic N) is 3. The first-order valence-electron chi connectivity index (χ1n) is 11.9. The number of aliphatic hydroxyl groups excluding tert-OH is 1. The van der Waals surface area contributed by atoms with Gasteiger partial charge in [0.05, 0.1) is 24.5 Å². The summed E-state index contributed by atoms with van der Waals surface area (Å²) in [5.41, 5.74) is -1.20. The van der Waals surface area contributed by atoms with Crippen molar-refractivity contribution in [1.82, 2.24) is 14.7 Å². The van der Waals surface area contributed by atoms with E-state index >= 15 is 0 Å². The van der Waals surface area contributed by atoms with Crippen molar-refractivity contribution in [1.29, 1.82) is 0 Å². The van der Waals surface area contributed by atoms with E-state index in [1.165, 1.54) is 4.90 Å². The van der Waals surface area contributed by atoms with E-state index in [2.05, 4.69) is 6.92 Å². The first kappa shape index (κ1) is 23.0. The zero-order valence-electron chi connectivity index (χ0n) is 19.3. The first-order chi connectivity index (χ1) is 15.4. The van der Waals surface area contributed by atoms with Gasteiger partial charge in [0.15, 0.2) is 0 Å². The fourth-order valence-electron chi connectivity index (χ4n) is 6.00. The topological polar surface area (TPSA) is 90.4 Å². The van der Waals surface area contributed by atoms with Crippen molar-refractivity contribution in [2.75, 3.05) is 32.8 Å². The third kappa shape index (κ3) is 3.39. The molecular formula is C24H35N3O5. The number of likely N-dealkylation sites (tertiary alicyclic amines) is 1. The number of fused-ring (bicyclic) bond motifs is 2. The van der Waals surface area contributed by atoms with Gasteiger partial charge in [-0.25, -0.2) is 0 Å². The molecule has 0 aliphatic carbocycles. The van der Waals surface area contributed by atoms with Crippen LogP contribution in [0.4, 0.5) is 0 Å². The van der Waals surface area contributed by atoms with E-state index in [9.17, 15) is 19.5 Å². The maximum absolute atomic E-state index is 13.9. The molecule has 1 N–H and O–H groups in total. The fraction of sp³-hybridized carbons (Fsp3) is 0.708. The van der Waals surface area contributed by atoms with Crippen LogP contribution in [0.25, 0.3) is 0 Å². The second-order valence-corrected chi connectivity index (χ2v) is 9.34. The van der Waals surface area contributed by atoms with Crippen LogP contribution in [0, 0.1) is 11.8 Å². The highest BCUT2D eigenvalue weighted by Crippen LogP contribution is 2.53. The van der Waals surface area contributed by atoms with E-state index in [-0.39, 0.29) is 36.9 Å². The van der Waals surface area contributed by atoms with Gasteiger partial charge < -0.3 is 24.5 Å². The number of hydrogen-bond acceptors (Lipinski definition) is 5. The van der Waals surface area contributed by atoms with Crippen LogP contribution >= 0.6 is 0 Å². The Morgan fingerprint density at radius 1 is 1.09 bits per heavy atom. The van der Waals surface area contributed by atoms with Gasteiger partial charge in [-0.2, -0.15) is 0 Å². The lowest BCUT2D eigenvalue weighted by Crippen LogP contribution is -2.57. The summed E-state index contributed by atoms with van der Waals surface area (Å²) in [6, 6.07) is -0.858. The van der Waals surface area contributed by atoms with Crippen LogP contribution in [0.1, 0.15) is 40.0 Å². The smallest absolute Gasteiger partial charge is 0.249 e. The largest absolute Gasteiger partial charge is 0.395 e. The van der Waals surface area contributed by atoms with Gasteiger partial charge in [-0.05, 0) is 19.8 Å². The molecular weight excluding hydrogens is 410 g/mol. The molecule has 2 unspecified atom stereocenters. The Balaban J connectivity index is 1.78. The second kappa shape index (κ2) is 8.98. The molecule has 2 fully saturated rings. The highest BCUT2D eigenvalue weighted by molar-refractivity contribution is 5.99. The normalized spacial score (nSPS) is 35.0. The fourth-order valence-corrected chi connectivity index (χ4v) is 6.00. The van der Waals surface area contributed by atoms with Gasteiger partial charge in [0.1, 0.15) is 11.6 Å². The molecule has 0 radical (unpaired) electrons. The molecule has 6 atom stereocenters. The van der Waals surface area contributed by atoms with Crippen LogP contribution < -0.4 is 0 Å². The highest BCUT2D eigenvalue weighted by atomic mass is 16.5. The minimum Gasteiger partial charge on any atom is -0.395 e. The molecule has 0 aromatic heterocycles. The van der Waals surface area contributed by atoms with Crippen molar-refractivity contribution < 1.29 is 24.2 Å². The summed E-state index contributed by atoms with van der Waals surface area (Å²) in [6.07, 6.45) is 9.66. The maximum Gasteiger partial charge on any atom is 0.249 e. The van der Waals surface area contributed by atoms with Gasteiger partial charge in [-0.15, -0.1) is 0 Å². The number of amides is 3. The molecule has 2 saturated heterocycles. The van der Waals surface area contributed by atoms with Crippen LogP contribution in [0.5, 0.6) is 0 Å². The van der Waals surface area contributed by atoms with E-state index in [0.29, 0.717) is 19.6 Å². The molecule has 3 amide bonds. The molecule has 4 heterocycles. The Labute approximate surface area is 189 Å². The maximum atomic E-state index is 13.9. The molecule has 4 aliphatic heterocycles. The Hall–Kier alpha value is -2.19. The number of carbonyl (C=O) groups excluding carboxylic acids is 3. The summed E-state index contributed by atoms with van der Waals surface area (Å²) in [7, 11) is 0. The zero-order chi connectivity index (χ0) is 23.0.